The van der Waals surface area contributed by atoms with Gasteiger partial charge in [-0.1, -0.05) is 24.3 Å². The molecule has 0 bridgehead atoms. The molecule has 1 aliphatic rings. The van der Waals surface area contributed by atoms with E-state index in [-0.39, 0.29) is 11.9 Å². The molecule has 3 aromatic rings. The van der Waals surface area contributed by atoms with Gasteiger partial charge in [0.05, 0.1) is 6.20 Å². The van der Waals surface area contributed by atoms with Crippen LogP contribution in [0.5, 0.6) is 0 Å². The van der Waals surface area contributed by atoms with E-state index < -0.39 is 0 Å². The van der Waals surface area contributed by atoms with Crippen molar-refractivity contribution in [3.63, 3.8) is 0 Å². The number of amides is 1. The summed E-state index contributed by atoms with van der Waals surface area (Å²) >= 11 is 0. The molecule has 4 rings (SSSR count). The lowest BCUT2D eigenvalue weighted by Crippen LogP contribution is -2.41. The van der Waals surface area contributed by atoms with E-state index in [9.17, 15) is 4.79 Å². The van der Waals surface area contributed by atoms with E-state index >= 15 is 0 Å². The van der Waals surface area contributed by atoms with Crippen LogP contribution in [0.2, 0.25) is 0 Å². The lowest BCUT2D eigenvalue weighted by Gasteiger charge is -2.34. The average molecular weight is 377 g/mol. The van der Waals surface area contributed by atoms with E-state index in [2.05, 4.69) is 46.4 Å². The van der Waals surface area contributed by atoms with Crippen molar-refractivity contribution < 1.29 is 4.79 Å². The van der Waals surface area contributed by atoms with Crippen LogP contribution in [0, 0.1) is 13.8 Å². The van der Waals surface area contributed by atoms with E-state index in [1.54, 1.807) is 6.20 Å². The molecule has 2 aromatic heterocycles. The molecule has 6 nitrogen and oxygen atoms in total. The first kappa shape index (κ1) is 18.5. The highest BCUT2D eigenvalue weighted by atomic mass is 16.2. The van der Waals surface area contributed by atoms with Crippen LogP contribution in [0.3, 0.4) is 0 Å². The highest BCUT2D eigenvalue weighted by Crippen LogP contribution is 2.35. The first-order chi connectivity index (χ1) is 13.6. The van der Waals surface area contributed by atoms with Crippen molar-refractivity contribution in [2.24, 2.45) is 0 Å². The summed E-state index contributed by atoms with van der Waals surface area (Å²) < 4.78 is 1.94. The van der Waals surface area contributed by atoms with Gasteiger partial charge in [0.25, 0.3) is 0 Å². The second kappa shape index (κ2) is 7.62. The number of hydrogen-bond donors (Lipinski definition) is 1. The topological polar surface area (TPSA) is 66.8 Å². The van der Waals surface area contributed by atoms with E-state index in [4.69, 9.17) is 0 Å². The van der Waals surface area contributed by atoms with Crippen LogP contribution in [0.25, 0.3) is 11.1 Å². The molecular weight excluding hydrogens is 350 g/mol. The molecule has 1 fully saturated rings. The van der Waals surface area contributed by atoms with Crippen LogP contribution < -0.4 is 0 Å². The van der Waals surface area contributed by atoms with E-state index in [1.165, 1.54) is 22.4 Å². The molecular formula is C22H27N5O. The maximum Gasteiger partial charge on any atom is 0.245 e. The lowest BCUT2D eigenvalue weighted by atomic mass is 9.88. The quantitative estimate of drug-likeness (QED) is 0.751. The summed E-state index contributed by atoms with van der Waals surface area (Å²) in [6, 6.07) is 8.20. The van der Waals surface area contributed by atoms with Crippen LogP contribution in [0.15, 0.2) is 42.9 Å². The van der Waals surface area contributed by atoms with E-state index in [1.807, 2.05) is 35.7 Å². The fourth-order valence-electron chi connectivity index (χ4n) is 4.27. The number of likely N-dealkylation sites (tertiary alicyclic amines) is 1. The average Bonchev–Trinajstić information content (AvgIpc) is 3.36. The molecule has 1 atom stereocenters. The Labute approximate surface area is 165 Å². The van der Waals surface area contributed by atoms with Gasteiger partial charge in [-0.3, -0.25) is 9.89 Å². The van der Waals surface area contributed by atoms with E-state index in [0.29, 0.717) is 5.92 Å². The Kier molecular flexibility index (Phi) is 5.03. The molecule has 1 saturated heterocycles. The number of aromatic amines is 1. The molecule has 3 heterocycles. The van der Waals surface area contributed by atoms with Crippen molar-refractivity contribution in [1.82, 2.24) is 24.6 Å². The van der Waals surface area contributed by atoms with Crippen molar-refractivity contribution in [2.75, 3.05) is 13.1 Å². The van der Waals surface area contributed by atoms with Gasteiger partial charge in [-0.15, -0.1) is 0 Å². The molecule has 1 aliphatic heterocycles. The molecule has 0 radical (unpaired) electrons. The van der Waals surface area contributed by atoms with Crippen molar-refractivity contribution in [3.05, 3.63) is 59.9 Å². The van der Waals surface area contributed by atoms with Crippen molar-refractivity contribution in [3.8, 4) is 11.1 Å². The van der Waals surface area contributed by atoms with Crippen LogP contribution >= 0.6 is 0 Å². The summed E-state index contributed by atoms with van der Waals surface area (Å²) in [5.74, 6) is 1.44. The summed E-state index contributed by atoms with van der Waals surface area (Å²) in [7, 11) is 0. The molecule has 6 heteroatoms. The number of rotatable bonds is 4. The fourth-order valence-corrected chi connectivity index (χ4v) is 4.27. The van der Waals surface area contributed by atoms with Crippen molar-refractivity contribution in [1.29, 1.82) is 0 Å². The minimum Gasteiger partial charge on any atom is -0.341 e. The molecule has 1 amide bonds. The van der Waals surface area contributed by atoms with Crippen LogP contribution in [-0.4, -0.2) is 43.6 Å². The number of carbonyl (C=O) groups is 1. The Hall–Kier alpha value is -2.89. The lowest BCUT2D eigenvalue weighted by molar-refractivity contribution is -0.135. The first-order valence-electron chi connectivity index (χ1n) is 9.93. The van der Waals surface area contributed by atoms with Gasteiger partial charge in [-0.2, -0.15) is 5.10 Å². The smallest absolute Gasteiger partial charge is 0.245 e. The van der Waals surface area contributed by atoms with Gasteiger partial charge in [0.15, 0.2) is 0 Å². The molecule has 28 heavy (non-hydrogen) atoms. The van der Waals surface area contributed by atoms with Crippen LogP contribution in [-0.2, 0) is 4.79 Å². The van der Waals surface area contributed by atoms with Gasteiger partial charge in [0.1, 0.15) is 11.9 Å². The molecule has 146 valence electrons. The van der Waals surface area contributed by atoms with Crippen LogP contribution in [0.1, 0.15) is 48.8 Å². The minimum atomic E-state index is -0.214. The Balaban J connectivity index is 1.46. The Bertz CT molecular complexity index is 965. The summed E-state index contributed by atoms with van der Waals surface area (Å²) in [5, 5.41) is 7.56. The summed E-state index contributed by atoms with van der Waals surface area (Å²) in [6.07, 6.45) is 7.45. The van der Waals surface area contributed by atoms with Crippen molar-refractivity contribution in [2.45, 2.75) is 45.6 Å². The normalized spacial score (nSPS) is 16.3. The SMILES string of the molecule is Cc1ccccc1-c1cn[nH]c1C1CCN(C(=O)[C@@H](C)n2ccnc2C)CC1. The molecule has 0 saturated carbocycles. The molecule has 1 N–H and O–H groups in total. The third kappa shape index (κ3) is 3.35. The van der Waals surface area contributed by atoms with Gasteiger partial charge in [-0.05, 0) is 44.7 Å². The minimum absolute atomic E-state index is 0.170. The zero-order valence-corrected chi connectivity index (χ0v) is 16.7. The fraction of sp³-hybridized carbons (Fsp3) is 0.409. The van der Waals surface area contributed by atoms with E-state index in [0.717, 1.165) is 31.8 Å². The zero-order valence-electron chi connectivity index (χ0n) is 16.7. The van der Waals surface area contributed by atoms with Gasteiger partial charge in [0.2, 0.25) is 5.91 Å². The number of carbonyl (C=O) groups excluding carboxylic acids is 1. The second-order valence-electron chi connectivity index (χ2n) is 7.67. The van der Waals surface area contributed by atoms with Gasteiger partial charge in [-0.25, -0.2) is 4.98 Å². The number of hydrogen-bond acceptors (Lipinski definition) is 3. The Morgan fingerprint density at radius 2 is 1.93 bits per heavy atom. The number of nitrogens with one attached hydrogen (secondary N) is 1. The Morgan fingerprint density at radius 3 is 2.61 bits per heavy atom. The number of benzene rings is 1. The highest BCUT2D eigenvalue weighted by molar-refractivity contribution is 5.80. The molecule has 1 aromatic carbocycles. The van der Waals surface area contributed by atoms with Gasteiger partial charge >= 0.3 is 0 Å². The van der Waals surface area contributed by atoms with Gasteiger partial charge in [0, 0.05) is 42.7 Å². The first-order valence-corrected chi connectivity index (χ1v) is 9.93. The maximum absolute atomic E-state index is 12.9. The van der Waals surface area contributed by atoms with Crippen molar-refractivity contribution >= 4 is 5.91 Å². The predicted octanol–water partition coefficient (Wildman–Crippen LogP) is 3.86. The Morgan fingerprint density at radius 1 is 1.18 bits per heavy atom. The molecule has 0 aliphatic carbocycles. The number of piperidine rings is 1. The molecule has 0 spiro atoms. The number of aromatic nitrogens is 4. The van der Waals surface area contributed by atoms with Gasteiger partial charge < -0.3 is 9.47 Å². The highest BCUT2D eigenvalue weighted by Gasteiger charge is 2.29. The third-order valence-corrected chi connectivity index (χ3v) is 5.96. The standard InChI is InChI=1S/C22H27N5O/c1-15-6-4-5-7-19(15)20-14-24-25-21(20)18-8-11-26(12-9-18)22(28)16(2)27-13-10-23-17(27)3/h4-7,10,13-14,16,18H,8-9,11-12H2,1-3H3,(H,24,25)/t16-/m1/s1. The monoisotopic (exact) mass is 377 g/mol. The number of H-pyrrole nitrogens is 1. The second-order valence-corrected chi connectivity index (χ2v) is 7.67. The third-order valence-electron chi connectivity index (χ3n) is 5.96. The summed E-state index contributed by atoms with van der Waals surface area (Å²) in [6.45, 7) is 7.56. The zero-order chi connectivity index (χ0) is 19.7. The molecule has 0 unspecified atom stereocenters. The van der Waals surface area contributed by atoms with Crippen LogP contribution in [0.4, 0.5) is 0 Å². The number of imidazole rings is 1. The summed E-state index contributed by atoms with van der Waals surface area (Å²) in [4.78, 5) is 19.2. The maximum atomic E-state index is 12.9. The number of aryl methyl sites for hydroxylation is 2. The largest absolute Gasteiger partial charge is 0.341 e. The number of nitrogens with zero attached hydrogens (tertiary/aromatic N) is 4. The summed E-state index contributed by atoms with van der Waals surface area (Å²) in [5.41, 5.74) is 4.86. The predicted molar refractivity (Wildman–Crippen MR) is 109 cm³/mol.